The zero-order valence-electron chi connectivity index (χ0n) is 7.38. The number of nitrogens with zero attached hydrogens (tertiary/aromatic N) is 1. The molecule has 1 heterocycles. The number of rotatable bonds is 5. The summed E-state index contributed by atoms with van der Waals surface area (Å²) in [7, 11) is 0. The van der Waals surface area contributed by atoms with Gasteiger partial charge in [-0.25, -0.2) is 0 Å². The van der Waals surface area contributed by atoms with Gasteiger partial charge in [0.25, 0.3) is 0 Å². The maximum atomic E-state index is 10.2. The van der Waals surface area contributed by atoms with Gasteiger partial charge in [-0.1, -0.05) is 6.07 Å². The molecule has 1 saturated heterocycles. The summed E-state index contributed by atoms with van der Waals surface area (Å²) in [6.07, 6.45) is 0.155. The molecule has 1 atom stereocenters. The van der Waals surface area contributed by atoms with Crippen molar-refractivity contribution in [2.45, 2.75) is 6.10 Å². The van der Waals surface area contributed by atoms with Gasteiger partial charge in [0.15, 0.2) is 5.75 Å². The van der Waals surface area contributed by atoms with E-state index in [0.29, 0.717) is 18.0 Å². The van der Waals surface area contributed by atoms with E-state index < -0.39 is 0 Å². The van der Waals surface area contributed by atoms with Gasteiger partial charge in [-0.3, -0.25) is 0 Å². The lowest BCUT2D eigenvalue weighted by atomic mass is 10.3. The minimum atomic E-state index is 0.155. The number of ether oxygens (including phenoxy) is 1. The molecule has 1 aromatic rings. The average Bonchev–Trinajstić information content (AvgIpc) is 3.02. The average molecular weight is 195 g/mol. The van der Waals surface area contributed by atoms with Crippen LogP contribution < -0.4 is 4.89 Å². The van der Waals surface area contributed by atoms with Gasteiger partial charge in [0.05, 0.1) is 6.61 Å². The molecular weight excluding hydrogens is 186 g/mol. The van der Waals surface area contributed by atoms with Gasteiger partial charge in [0, 0.05) is 6.07 Å². The van der Waals surface area contributed by atoms with Gasteiger partial charge in [-0.05, 0) is 17.3 Å². The lowest BCUT2D eigenvalue weighted by Crippen LogP contribution is -2.04. The molecule has 0 aliphatic carbocycles. The molecule has 5 nitrogen and oxygen atoms in total. The topological polar surface area (TPSA) is 60.4 Å². The van der Waals surface area contributed by atoms with Crippen molar-refractivity contribution in [1.29, 1.82) is 0 Å². The van der Waals surface area contributed by atoms with Crippen LogP contribution in [0.3, 0.4) is 0 Å². The van der Waals surface area contributed by atoms with Crippen LogP contribution in [0.2, 0.25) is 0 Å². The van der Waals surface area contributed by atoms with Crippen LogP contribution in [0.5, 0.6) is 5.75 Å². The SMILES string of the molecule is O=Nc1cccc(OOCC2CO2)c1. The normalized spacial score (nSPS) is 19.0. The van der Waals surface area contributed by atoms with E-state index in [1.807, 2.05) is 0 Å². The zero-order valence-corrected chi connectivity index (χ0v) is 7.38. The van der Waals surface area contributed by atoms with Gasteiger partial charge in [0.2, 0.25) is 0 Å². The van der Waals surface area contributed by atoms with Gasteiger partial charge in [0.1, 0.15) is 18.4 Å². The molecule has 0 amide bonds. The fourth-order valence-electron chi connectivity index (χ4n) is 0.934. The van der Waals surface area contributed by atoms with Crippen LogP contribution in [0.4, 0.5) is 5.69 Å². The Labute approximate surface area is 80.5 Å². The molecule has 0 spiro atoms. The summed E-state index contributed by atoms with van der Waals surface area (Å²) in [5, 5.41) is 2.78. The molecular formula is C9H9NO4. The van der Waals surface area contributed by atoms with Crippen LogP contribution in [0.15, 0.2) is 29.4 Å². The van der Waals surface area contributed by atoms with Crippen LogP contribution in [-0.4, -0.2) is 19.3 Å². The predicted molar refractivity (Wildman–Crippen MR) is 48.2 cm³/mol. The highest BCUT2D eigenvalue weighted by atomic mass is 17.2. The van der Waals surface area contributed by atoms with Crippen molar-refractivity contribution in [3.05, 3.63) is 29.2 Å². The molecule has 1 unspecified atom stereocenters. The van der Waals surface area contributed by atoms with Crippen molar-refractivity contribution in [2.75, 3.05) is 13.2 Å². The summed E-state index contributed by atoms with van der Waals surface area (Å²) in [4.78, 5) is 20.0. The Balaban J connectivity index is 1.84. The summed E-state index contributed by atoms with van der Waals surface area (Å²) in [5.74, 6) is 0.461. The fourth-order valence-corrected chi connectivity index (χ4v) is 0.934. The third-order valence-electron chi connectivity index (χ3n) is 1.73. The highest BCUT2D eigenvalue weighted by Gasteiger charge is 2.23. The number of hydrogen-bond acceptors (Lipinski definition) is 5. The third-order valence-corrected chi connectivity index (χ3v) is 1.73. The Hall–Kier alpha value is -1.46. The first-order valence-corrected chi connectivity index (χ1v) is 4.23. The zero-order chi connectivity index (χ0) is 9.80. The van der Waals surface area contributed by atoms with Crippen LogP contribution in [0.25, 0.3) is 0 Å². The van der Waals surface area contributed by atoms with Crippen LogP contribution >= 0.6 is 0 Å². The standard InChI is InChI=1S/C9H9NO4/c11-10-7-2-1-3-8(4-7)14-13-6-9-5-12-9/h1-4,9H,5-6H2. The first kappa shape index (κ1) is 9.11. The summed E-state index contributed by atoms with van der Waals surface area (Å²) in [6, 6.07) is 6.44. The van der Waals surface area contributed by atoms with Gasteiger partial charge < -0.3 is 9.62 Å². The van der Waals surface area contributed by atoms with Gasteiger partial charge >= 0.3 is 0 Å². The summed E-state index contributed by atoms with van der Waals surface area (Å²) in [6.45, 7) is 1.12. The van der Waals surface area contributed by atoms with Crippen molar-refractivity contribution >= 4 is 5.69 Å². The highest BCUT2D eigenvalue weighted by Crippen LogP contribution is 2.20. The number of hydrogen-bond donors (Lipinski definition) is 0. The van der Waals surface area contributed by atoms with Gasteiger partial charge in [-0.2, -0.15) is 4.89 Å². The molecule has 1 fully saturated rings. The van der Waals surface area contributed by atoms with Crippen LogP contribution in [0.1, 0.15) is 0 Å². The number of epoxide rings is 1. The van der Waals surface area contributed by atoms with Crippen molar-refractivity contribution in [1.82, 2.24) is 0 Å². The number of benzene rings is 1. The van der Waals surface area contributed by atoms with E-state index in [9.17, 15) is 4.91 Å². The molecule has 1 aliphatic heterocycles. The smallest absolute Gasteiger partial charge is 0.167 e. The molecule has 1 aromatic carbocycles. The molecule has 0 aromatic heterocycles. The van der Waals surface area contributed by atoms with E-state index in [2.05, 4.69) is 5.18 Å². The fraction of sp³-hybridized carbons (Fsp3) is 0.333. The largest absolute Gasteiger partial charge is 0.370 e. The molecule has 0 N–H and O–H groups in total. The van der Waals surface area contributed by atoms with Gasteiger partial charge in [-0.15, -0.1) is 4.91 Å². The van der Waals surface area contributed by atoms with Crippen molar-refractivity contribution < 1.29 is 14.5 Å². The molecule has 14 heavy (non-hydrogen) atoms. The van der Waals surface area contributed by atoms with Crippen molar-refractivity contribution in [2.24, 2.45) is 5.18 Å². The molecule has 0 saturated carbocycles. The Bertz CT molecular complexity index is 324. The van der Waals surface area contributed by atoms with E-state index in [4.69, 9.17) is 14.5 Å². The Kier molecular flexibility index (Phi) is 2.71. The summed E-state index contributed by atoms with van der Waals surface area (Å²) >= 11 is 0. The monoisotopic (exact) mass is 195 g/mol. The molecule has 74 valence electrons. The molecule has 2 rings (SSSR count). The van der Waals surface area contributed by atoms with E-state index in [0.717, 1.165) is 6.61 Å². The second-order valence-corrected chi connectivity index (χ2v) is 2.91. The van der Waals surface area contributed by atoms with E-state index in [1.165, 1.54) is 6.07 Å². The minimum Gasteiger partial charge on any atom is -0.370 e. The third kappa shape index (κ3) is 2.51. The first-order valence-electron chi connectivity index (χ1n) is 4.23. The Morgan fingerprint density at radius 2 is 2.43 bits per heavy atom. The van der Waals surface area contributed by atoms with Crippen molar-refractivity contribution in [3.8, 4) is 5.75 Å². The lowest BCUT2D eigenvalue weighted by molar-refractivity contribution is -0.209. The summed E-state index contributed by atoms with van der Waals surface area (Å²) in [5.41, 5.74) is 0.314. The van der Waals surface area contributed by atoms with Crippen LogP contribution in [0, 0.1) is 4.91 Å². The first-order chi connectivity index (χ1) is 6.88. The van der Waals surface area contributed by atoms with Crippen molar-refractivity contribution in [3.63, 3.8) is 0 Å². The van der Waals surface area contributed by atoms with E-state index in [1.54, 1.807) is 18.2 Å². The number of nitroso groups, excluding NO2 is 1. The summed E-state index contributed by atoms with van der Waals surface area (Å²) < 4.78 is 4.92. The minimum absolute atomic E-state index is 0.155. The quantitative estimate of drug-likeness (QED) is 0.311. The molecule has 5 heteroatoms. The lowest BCUT2D eigenvalue weighted by Gasteiger charge is -2.02. The highest BCUT2D eigenvalue weighted by molar-refractivity contribution is 5.42. The molecule has 0 bridgehead atoms. The van der Waals surface area contributed by atoms with E-state index >= 15 is 0 Å². The molecule has 1 aliphatic rings. The molecule has 0 radical (unpaired) electrons. The maximum Gasteiger partial charge on any atom is 0.167 e. The Morgan fingerprint density at radius 3 is 3.14 bits per heavy atom. The second kappa shape index (κ2) is 4.17. The predicted octanol–water partition coefficient (Wildman–Crippen LogP) is 1.79. The van der Waals surface area contributed by atoms with Crippen LogP contribution in [-0.2, 0) is 9.62 Å². The Morgan fingerprint density at radius 1 is 1.57 bits per heavy atom. The maximum absolute atomic E-state index is 10.2. The van der Waals surface area contributed by atoms with E-state index in [-0.39, 0.29) is 6.10 Å². The second-order valence-electron chi connectivity index (χ2n) is 2.91.